The van der Waals surface area contributed by atoms with Crippen molar-refractivity contribution in [1.82, 2.24) is 5.32 Å². The zero-order valence-electron chi connectivity index (χ0n) is 29.8. The third-order valence-corrected chi connectivity index (χ3v) is 8.86. The van der Waals surface area contributed by atoms with E-state index in [0.29, 0.717) is 0 Å². The van der Waals surface area contributed by atoms with Crippen LogP contribution >= 0.6 is 0 Å². The van der Waals surface area contributed by atoms with Crippen LogP contribution < -0.4 is 5.32 Å². The van der Waals surface area contributed by atoms with Gasteiger partial charge >= 0.3 is 0 Å². The number of hydrogen-bond donors (Lipinski definition) is 1. The summed E-state index contributed by atoms with van der Waals surface area (Å²) in [6.45, 7) is 6.16. The lowest BCUT2D eigenvalue weighted by atomic mass is 9.98. The Balaban J connectivity index is 2.08. The van der Waals surface area contributed by atoms with Gasteiger partial charge in [0.05, 0.1) is 12.7 Å². The number of likely N-dealkylation sites (N-methyl/N-ethyl adjacent to an activating group) is 1. The van der Waals surface area contributed by atoms with Crippen molar-refractivity contribution in [3.8, 4) is 0 Å². The second-order valence-corrected chi connectivity index (χ2v) is 13.2. The molecule has 256 valence electrons. The largest absolute Gasteiger partial charge is 0.347 e. The molecule has 1 aliphatic heterocycles. The van der Waals surface area contributed by atoms with Crippen molar-refractivity contribution in [2.24, 2.45) is 0 Å². The van der Waals surface area contributed by atoms with Gasteiger partial charge in [0, 0.05) is 19.4 Å². The van der Waals surface area contributed by atoms with Gasteiger partial charge in [-0.2, -0.15) is 0 Å². The molecule has 1 N–H and O–H groups in total. The average Bonchev–Trinajstić information content (AvgIpc) is 3.43. The fourth-order valence-electron chi connectivity index (χ4n) is 6.10. The zero-order valence-corrected chi connectivity index (χ0v) is 29.8. The molecule has 3 heteroatoms. The molecular weight excluding hydrogens is 538 g/mol. The van der Waals surface area contributed by atoms with E-state index >= 15 is 0 Å². The van der Waals surface area contributed by atoms with Crippen LogP contribution in [0.3, 0.4) is 0 Å². The van der Waals surface area contributed by atoms with Gasteiger partial charge < -0.3 is 14.8 Å². The summed E-state index contributed by atoms with van der Waals surface area (Å²) >= 11 is 0. The fraction of sp³-hybridized carbons (Fsp3) is 0.805. The summed E-state index contributed by atoms with van der Waals surface area (Å²) in [7, 11) is 2.01. The molecule has 1 rings (SSSR count). The van der Waals surface area contributed by atoms with Crippen LogP contribution in [-0.2, 0) is 9.47 Å². The molecule has 3 nitrogen and oxygen atoms in total. The van der Waals surface area contributed by atoms with Gasteiger partial charge in [-0.15, -0.1) is 0 Å². The Morgan fingerprint density at radius 2 is 0.909 bits per heavy atom. The number of ether oxygens (including phenoxy) is 2. The molecule has 0 saturated carbocycles. The van der Waals surface area contributed by atoms with Gasteiger partial charge in [0.15, 0.2) is 5.79 Å². The third-order valence-electron chi connectivity index (χ3n) is 8.86. The number of allylic oxidation sites excluding steroid dienone is 8. The Morgan fingerprint density at radius 1 is 0.523 bits per heavy atom. The van der Waals surface area contributed by atoms with Crippen LogP contribution in [0.1, 0.15) is 181 Å². The summed E-state index contributed by atoms with van der Waals surface area (Å²) in [6.07, 6.45) is 52.1. The molecule has 0 aliphatic carbocycles. The average molecular weight is 614 g/mol. The first-order chi connectivity index (χ1) is 21.8. The van der Waals surface area contributed by atoms with Crippen LogP contribution in [0.15, 0.2) is 48.6 Å². The van der Waals surface area contributed by atoms with Gasteiger partial charge in [0.2, 0.25) is 0 Å². The first-order valence-electron chi connectivity index (χ1n) is 19.3. The van der Waals surface area contributed by atoms with Crippen molar-refractivity contribution in [3.63, 3.8) is 0 Å². The second-order valence-electron chi connectivity index (χ2n) is 13.2. The maximum absolute atomic E-state index is 6.53. The minimum absolute atomic E-state index is 0.203. The van der Waals surface area contributed by atoms with E-state index in [1.807, 2.05) is 7.05 Å². The van der Waals surface area contributed by atoms with Gasteiger partial charge in [-0.25, -0.2) is 0 Å². The predicted molar refractivity (Wildman–Crippen MR) is 195 cm³/mol. The number of rotatable bonds is 32. The van der Waals surface area contributed by atoms with Crippen molar-refractivity contribution in [1.29, 1.82) is 0 Å². The number of unbranched alkanes of at least 4 members (excludes halogenated alkanes) is 18. The summed E-state index contributed by atoms with van der Waals surface area (Å²) in [4.78, 5) is 0. The monoisotopic (exact) mass is 614 g/mol. The lowest BCUT2D eigenvalue weighted by molar-refractivity contribution is -0.178. The van der Waals surface area contributed by atoms with E-state index in [-0.39, 0.29) is 11.9 Å². The van der Waals surface area contributed by atoms with Crippen LogP contribution in [0, 0.1) is 0 Å². The SMILES string of the molecule is CCCCC/C=C\C/C=C\CCCCCCCCC1(CCCCCCCC/C=C/C/C=C/CCCCC)OCC(CNC)O1. The maximum Gasteiger partial charge on any atom is 0.168 e. The minimum atomic E-state index is -0.327. The minimum Gasteiger partial charge on any atom is -0.347 e. The molecule has 0 aromatic carbocycles. The van der Waals surface area contributed by atoms with Crippen molar-refractivity contribution in [2.45, 2.75) is 193 Å². The summed E-state index contributed by atoms with van der Waals surface area (Å²) in [5.74, 6) is -0.327. The van der Waals surface area contributed by atoms with Gasteiger partial charge in [0.25, 0.3) is 0 Å². The van der Waals surface area contributed by atoms with Crippen molar-refractivity contribution < 1.29 is 9.47 Å². The van der Waals surface area contributed by atoms with Gasteiger partial charge in [-0.05, 0) is 84.1 Å². The van der Waals surface area contributed by atoms with Crippen LogP contribution in [0.4, 0.5) is 0 Å². The molecule has 0 spiro atoms. The first-order valence-corrected chi connectivity index (χ1v) is 19.3. The fourth-order valence-corrected chi connectivity index (χ4v) is 6.10. The highest BCUT2D eigenvalue weighted by Gasteiger charge is 2.40. The molecule has 0 amide bonds. The number of hydrogen-bond acceptors (Lipinski definition) is 3. The molecule has 1 fully saturated rings. The third kappa shape index (κ3) is 25.1. The zero-order chi connectivity index (χ0) is 31.7. The molecular formula is C41H75NO2. The van der Waals surface area contributed by atoms with Crippen LogP contribution in [-0.4, -0.2) is 32.1 Å². The molecule has 1 heterocycles. The molecule has 2 atom stereocenters. The maximum atomic E-state index is 6.53. The van der Waals surface area contributed by atoms with E-state index in [2.05, 4.69) is 67.8 Å². The Kier molecular flexibility index (Phi) is 29.5. The smallest absolute Gasteiger partial charge is 0.168 e. The van der Waals surface area contributed by atoms with Gasteiger partial charge in [-0.1, -0.05) is 140 Å². The van der Waals surface area contributed by atoms with Crippen LogP contribution in [0.25, 0.3) is 0 Å². The summed E-state index contributed by atoms with van der Waals surface area (Å²) in [6, 6.07) is 0. The summed E-state index contributed by atoms with van der Waals surface area (Å²) in [5, 5.41) is 3.27. The predicted octanol–water partition coefficient (Wildman–Crippen LogP) is 12.7. The van der Waals surface area contributed by atoms with E-state index in [0.717, 1.165) is 38.8 Å². The molecule has 44 heavy (non-hydrogen) atoms. The van der Waals surface area contributed by atoms with Crippen molar-refractivity contribution in [3.05, 3.63) is 48.6 Å². The highest BCUT2D eigenvalue weighted by Crippen LogP contribution is 2.34. The lowest BCUT2D eigenvalue weighted by Crippen LogP contribution is -2.33. The second kappa shape index (κ2) is 31.8. The molecule has 1 saturated heterocycles. The molecule has 0 aromatic rings. The van der Waals surface area contributed by atoms with E-state index in [1.54, 1.807) is 0 Å². The molecule has 0 bridgehead atoms. The van der Waals surface area contributed by atoms with Gasteiger partial charge in [-0.3, -0.25) is 0 Å². The standard InChI is InChI=1S/C41H75NO2/c1-4-6-8-10-12-14-16-18-20-22-24-26-28-30-32-34-36-41(43-39-40(44-41)38-42-3)37-35-33-31-29-27-25-23-21-19-17-15-13-11-9-7-5-2/h12-15,18-21,40,42H,4-11,16-17,22-39H2,1-3H3/b14-12-,15-13+,20-18-,21-19+. The van der Waals surface area contributed by atoms with E-state index in [1.165, 1.54) is 141 Å². The Morgan fingerprint density at radius 3 is 1.32 bits per heavy atom. The molecule has 0 aromatic heterocycles. The van der Waals surface area contributed by atoms with Crippen LogP contribution in [0.5, 0.6) is 0 Å². The number of nitrogens with one attached hydrogen (secondary N) is 1. The van der Waals surface area contributed by atoms with Crippen molar-refractivity contribution in [2.75, 3.05) is 20.2 Å². The molecule has 1 aliphatic rings. The quantitative estimate of drug-likeness (QED) is 0.0605. The normalized spacial score (nSPS) is 19.2. The van der Waals surface area contributed by atoms with E-state index in [4.69, 9.17) is 9.47 Å². The van der Waals surface area contributed by atoms with E-state index < -0.39 is 0 Å². The van der Waals surface area contributed by atoms with Crippen molar-refractivity contribution >= 4 is 0 Å². The highest BCUT2D eigenvalue weighted by molar-refractivity contribution is 4.93. The molecule has 0 radical (unpaired) electrons. The van der Waals surface area contributed by atoms with E-state index in [9.17, 15) is 0 Å². The summed E-state index contributed by atoms with van der Waals surface area (Å²) < 4.78 is 12.9. The van der Waals surface area contributed by atoms with Gasteiger partial charge in [0.1, 0.15) is 0 Å². The Hall–Kier alpha value is -1.16. The Labute approximate surface area is 275 Å². The van der Waals surface area contributed by atoms with Crippen LogP contribution in [0.2, 0.25) is 0 Å². The first kappa shape index (κ1) is 40.9. The highest BCUT2D eigenvalue weighted by atomic mass is 16.7. The lowest BCUT2D eigenvalue weighted by Gasteiger charge is -2.28. The topological polar surface area (TPSA) is 30.5 Å². The summed E-state index contributed by atoms with van der Waals surface area (Å²) in [5.41, 5.74) is 0. The molecule has 2 unspecified atom stereocenters. The Bertz CT molecular complexity index is 661.